The van der Waals surface area contributed by atoms with E-state index < -0.39 is 12.1 Å². The van der Waals surface area contributed by atoms with E-state index in [9.17, 15) is 13.2 Å². The molecule has 0 amide bonds. The molecule has 0 aromatic heterocycles. The summed E-state index contributed by atoms with van der Waals surface area (Å²) in [6, 6.07) is 8.55. The molecule has 18 heavy (non-hydrogen) atoms. The van der Waals surface area contributed by atoms with E-state index in [1.165, 1.54) is 10.0 Å². The lowest BCUT2D eigenvalue weighted by molar-refractivity contribution is -0.192. The third-order valence-electron chi connectivity index (χ3n) is 2.34. The molecule has 2 rings (SSSR count). The minimum absolute atomic E-state index is 0.743. The number of halogens is 4. The molecule has 3 nitrogen and oxygen atoms in total. The maximum absolute atomic E-state index is 10.6. The molecule has 0 unspecified atom stereocenters. The summed E-state index contributed by atoms with van der Waals surface area (Å²) in [6.07, 6.45) is -5.08. The quantitative estimate of drug-likeness (QED) is 0.834. The van der Waals surface area contributed by atoms with Crippen molar-refractivity contribution in [3.63, 3.8) is 0 Å². The fourth-order valence-electron chi connectivity index (χ4n) is 1.28. The second kappa shape index (κ2) is 6.19. The van der Waals surface area contributed by atoms with Gasteiger partial charge in [0.05, 0.1) is 0 Å². The van der Waals surface area contributed by atoms with Crippen LogP contribution in [-0.2, 0) is 4.79 Å². The Morgan fingerprint density at radius 3 is 2.28 bits per heavy atom. The monoisotopic (exact) mass is 325 g/mol. The predicted molar refractivity (Wildman–Crippen MR) is 63.4 cm³/mol. The Morgan fingerprint density at radius 2 is 1.94 bits per heavy atom. The van der Waals surface area contributed by atoms with Crippen LogP contribution in [-0.4, -0.2) is 30.3 Å². The zero-order valence-corrected chi connectivity index (χ0v) is 10.8. The van der Waals surface area contributed by atoms with Gasteiger partial charge in [-0.3, -0.25) is 0 Å². The molecule has 1 aromatic rings. The van der Waals surface area contributed by atoms with E-state index in [0.29, 0.717) is 0 Å². The lowest BCUT2D eigenvalue weighted by Gasteiger charge is -2.27. The second-order valence-electron chi connectivity index (χ2n) is 3.71. The number of carboxylic acid groups (broad SMARTS) is 1. The highest BCUT2D eigenvalue weighted by Gasteiger charge is 2.38. The first-order valence-corrected chi connectivity index (χ1v) is 5.86. The molecule has 7 heteroatoms. The summed E-state index contributed by atoms with van der Waals surface area (Å²) >= 11 is 3.46. The number of rotatable bonds is 1. The average Bonchev–Trinajstić information content (AvgIpc) is 2.14. The molecule has 100 valence electrons. The smallest absolute Gasteiger partial charge is 0.475 e. The highest BCUT2D eigenvalue weighted by molar-refractivity contribution is 9.10. The van der Waals surface area contributed by atoms with E-state index in [1.807, 2.05) is 0 Å². The van der Waals surface area contributed by atoms with E-state index in [1.54, 1.807) is 0 Å². The molecule has 0 bridgehead atoms. The van der Waals surface area contributed by atoms with Crippen LogP contribution < -0.4 is 5.32 Å². The summed E-state index contributed by atoms with van der Waals surface area (Å²) < 4.78 is 32.9. The minimum Gasteiger partial charge on any atom is -0.475 e. The van der Waals surface area contributed by atoms with Crippen LogP contribution in [0.3, 0.4) is 0 Å². The van der Waals surface area contributed by atoms with Crippen LogP contribution in [0.5, 0.6) is 0 Å². The highest BCUT2D eigenvalue weighted by Crippen LogP contribution is 2.22. The zero-order valence-electron chi connectivity index (χ0n) is 9.17. The number of aliphatic carboxylic acids is 1. The van der Waals surface area contributed by atoms with Gasteiger partial charge in [-0.25, -0.2) is 4.79 Å². The van der Waals surface area contributed by atoms with Crippen LogP contribution >= 0.6 is 15.9 Å². The lowest BCUT2D eigenvalue weighted by atomic mass is 9.94. The first kappa shape index (κ1) is 15.0. The molecule has 0 saturated carbocycles. The van der Waals surface area contributed by atoms with Gasteiger partial charge in [-0.15, -0.1) is 0 Å². The lowest BCUT2D eigenvalue weighted by Crippen LogP contribution is -2.39. The Bertz CT molecular complexity index is 419. The molecule has 1 saturated heterocycles. The van der Waals surface area contributed by atoms with Gasteiger partial charge in [0, 0.05) is 23.5 Å². The van der Waals surface area contributed by atoms with Crippen molar-refractivity contribution >= 4 is 21.9 Å². The first-order valence-electron chi connectivity index (χ1n) is 5.07. The molecule has 0 radical (unpaired) electrons. The molecular formula is C11H11BrF3NO2. The Hall–Kier alpha value is -1.08. The molecule has 1 aliphatic rings. The number of alkyl halides is 3. The molecule has 0 spiro atoms. The van der Waals surface area contributed by atoms with E-state index in [-0.39, 0.29) is 0 Å². The summed E-state index contributed by atoms with van der Waals surface area (Å²) in [6.45, 7) is 2.27. The van der Waals surface area contributed by atoms with Crippen molar-refractivity contribution in [1.82, 2.24) is 5.32 Å². The Morgan fingerprint density at radius 1 is 1.39 bits per heavy atom. The molecule has 0 atom stereocenters. The Kier molecular flexibility index (Phi) is 5.15. The van der Waals surface area contributed by atoms with Gasteiger partial charge in [0.2, 0.25) is 0 Å². The number of carbonyl (C=O) groups is 1. The number of nitrogens with one attached hydrogen (secondary N) is 1. The van der Waals surface area contributed by atoms with E-state index >= 15 is 0 Å². The average molecular weight is 326 g/mol. The fourth-order valence-corrected chi connectivity index (χ4v) is 1.70. The molecule has 0 aliphatic carbocycles. The van der Waals surface area contributed by atoms with Crippen molar-refractivity contribution in [3.05, 3.63) is 34.3 Å². The Labute approximate surface area is 110 Å². The van der Waals surface area contributed by atoms with Crippen LogP contribution in [0.15, 0.2) is 28.7 Å². The maximum atomic E-state index is 10.6. The third-order valence-corrected chi connectivity index (χ3v) is 2.84. The van der Waals surface area contributed by atoms with E-state index in [0.717, 1.165) is 19.0 Å². The number of benzene rings is 1. The van der Waals surface area contributed by atoms with Gasteiger partial charge < -0.3 is 10.4 Å². The largest absolute Gasteiger partial charge is 0.490 e. The molecule has 2 N–H and O–H groups in total. The van der Waals surface area contributed by atoms with E-state index in [4.69, 9.17) is 9.90 Å². The van der Waals surface area contributed by atoms with Gasteiger partial charge in [-0.05, 0) is 17.7 Å². The van der Waals surface area contributed by atoms with E-state index in [2.05, 4.69) is 45.5 Å². The first-order chi connectivity index (χ1) is 8.30. The molecule has 1 aliphatic heterocycles. The van der Waals surface area contributed by atoms with Crippen LogP contribution in [0.1, 0.15) is 11.5 Å². The standard InChI is InChI=1S/C9H10BrN.C2HF3O2/c10-9-3-1-2-7(4-9)8-5-11-6-8;3-2(4,5)1(6)7/h1-4,8,11H,5-6H2;(H,6,7). The third kappa shape index (κ3) is 4.66. The number of carboxylic acids is 1. The van der Waals surface area contributed by atoms with Crippen LogP contribution in [0.25, 0.3) is 0 Å². The molecule has 1 fully saturated rings. The van der Waals surface area contributed by atoms with Gasteiger partial charge >= 0.3 is 12.1 Å². The second-order valence-corrected chi connectivity index (χ2v) is 4.63. The fraction of sp³-hybridized carbons (Fsp3) is 0.364. The van der Waals surface area contributed by atoms with Crippen molar-refractivity contribution < 1.29 is 23.1 Å². The van der Waals surface area contributed by atoms with Gasteiger partial charge in [0.15, 0.2) is 0 Å². The SMILES string of the molecule is Brc1cccc(C2CNC2)c1.O=C(O)C(F)(F)F. The summed E-state index contributed by atoms with van der Waals surface area (Å²) in [4.78, 5) is 8.90. The summed E-state index contributed by atoms with van der Waals surface area (Å²) in [5, 5.41) is 10.4. The van der Waals surface area contributed by atoms with Gasteiger partial charge in [0.1, 0.15) is 0 Å². The van der Waals surface area contributed by atoms with Crippen molar-refractivity contribution in [1.29, 1.82) is 0 Å². The van der Waals surface area contributed by atoms with Gasteiger partial charge in [-0.2, -0.15) is 13.2 Å². The van der Waals surface area contributed by atoms with Crippen molar-refractivity contribution in [2.75, 3.05) is 13.1 Å². The van der Waals surface area contributed by atoms with Crippen molar-refractivity contribution in [3.8, 4) is 0 Å². The van der Waals surface area contributed by atoms with Gasteiger partial charge in [-0.1, -0.05) is 28.1 Å². The molecular weight excluding hydrogens is 315 g/mol. The zero-order chi connectivity index (χ0) is 13.8. The normalized spacial score (nSPS) is 15.3. The number of hydrogen-bond acceptors (Lipinski definition) is 2. The topological polar surface area (TPSA) is 49.3 Å². The molecule has 1 heterocycles. The summed E-state index contributed by atoms with van der Waals surface area (Å²) in [7, 11) is 0. The highest BCUT2D eigenvalue weighted by atomic mass is 79.9. The predicted octanol–water partition coefficient (Wildman–Crippen LogP) is 2.77. The minimum atomic E-state index is -5.08. The summed E-state index contributed by atoms with van der Waals surface area (Å²) in [5.41, 5.74) is 1.44. The van der Waals surface area contributed by atoms with Crippen LogP contribution in [0.2, 0.25) is 0 Å². The van der Waals surface area contributed by atoms with Crippen LogP contribution in [0.4, 0.5) is 13.2 Å². The van der Waals surface area contributed by atoms with Crippen molar-refractivity contribution in [2.45, 2.75) is 12.1 Å². The van der Waals surface area contributed by atoms with Crippen LogP contribution in [0, 0.1) is 0 Å². The molecule has 1 aromatic carbocycles. The van der Waals surface area contributed by atoms with Crippen molar-refractivity contribution in [2.24, 2.45) is 0 Å². The summed E-state index contributed by atoms with van der Waals surface area (Å²) in [5.74, 6) is -2.01. The van der Waals surface area contributed by atoms with Gasteiger partial charge in [0.25, 0.3) is 0 Å². The number of hydrogen-bond donors (Lipinski definition) is 2. The maximum Gasteiger partial charge on any atom is 0.490 e. The Balaban J connectivity index is 0.000000203.